The number of thiocarbonyl (C=S) groups is 1. The summed E-state index contributed by atoms with van der Waals surface area (Å²) in [5, 5.41) is 7.59. The average Bonchev–Trinajstić information content (AvgIpc) is 2.54. The van der Waals surface area contributed by atoms with Crippen molar-refractivity contribution in [1.29, 1.82) is 0 Å². The molecule has 5 nitrogen and oxygen atoms in total. The fourth-order valence-corrected chi connectivity index (χ4v) is 1.48. The Morgan fingerprint density at radius 3 is 2.81 bits per heavy atom. The molecule has 1 aromatic heterocycles. The Kier molecular flexibility index (Phi) is 4.42. The van der Waals surface area contributed by atoms with Gasteiger partial charge in [-0.25, -0.2) is 4.68 Å². The number of nitrogens with one attached hydrogen (secondary N) is 1. The quantitative estimate of drug-likeness (QED) is 0.458. The third-order valence-electron chi connectivity index (χ3n) is 1.97. The van der Waals surface area contributed by atoms with E-state index in [0.29, 0.717) is 11.1 Å². The van der Waals surface area contributed by atoms with Gasteiger partial charge in [0.25, 0.3) is 0 Å². The predicted octanol–water partition coefficient (Wildman–Crippen LogP) is 0.947. The Morgan fingerprint density at radius 1 is 1.62 bits per heavy atom. The molecule has 88 valence electrons. The lowest BCUT2D eigenvalue weighted by molar-refractivity contribution is 0.837. The molecule has 0 saturated carbocycles. The van der Waals surface area contributed by atoms with Crippen molar-refractivity contribution >= 4 is 23.3 Å². The van der Waals surface area contributed by atoms with Gasteiger partial charge < -0.3 is 11.1 Å². The highest BCUT2D eigenvalue weighted by atomic mass is 32.1. The second kappa shape index (κ2) is 5.60. The first-order valence-corrected chi connectivity index (χ1v) is 5.61. The highest BCUT2D eigenvalue weighted by Crippen LogP contribution is 2.00. The Bertz CT molecular complexity index is 407. The van der Waals surface area contributed by atoms with Crippen LogP contribution >= 0.6 is 12.2 Å². The molecule has 1 aromatic rings. The van der Waals surface area contributed by atoms with Crippen LogP contribution in [-0.2, 0) is 0 Å². The molecular weight excluding hydrogens is 222 g/mol. The van der Waals surface area contributed by atoms with E-state index in [1.807, 2.05) is 19.9 Å². The first-order chi connectivity index (χ1) is 7.54. The second-order valence-corrected chi connectivity index (χ2v) is 3.93. The van der Waals surface area contributed by atoms with Crippen LogP contribution in [0.1, 0.15) is 24.7 Å². The molecule has 1 heterocycles. The summed E-state index contributed by atoms with van der Waals surface area (Å²) in [5.74, 6) is 0.291. The summed E-state index contributed by atoms with van der Waals surface area (Å²) in [6.45, 7) is 6.69. The zero-order valence-electron chi connectivity index (χ0n) is 9.82. The molecule has 0 spiro atoms. The second-order valence-electron chi connectivity index (χ2n) is 3.54. The van der Waals surface area contributed by atoms with Gasteiger partial charge in [-0.1, -0.05) is 6.92 Å². The van der Waals surface area contributed by atoms with Gasteiger partial charge in [0.2, 0.25) is 5.96 Å². The fraction of sp³-hybridized carbons (Fsp3) is 0.500. The molecule has 3 N–H and O–H groups in total. The van der Waals surface area contributed by atoms with Crippen LogP contribution in [0.5, 0.6) is 0 Å². The number of aromatic nitrogens is 2. The SMILES string of the molecule is CCCNC(=S)/N=C(\N)n1nc(C)cc1C. The average molecular weight is 239 g/mol. The maximum absolute atomic E-state index is 5.80. The molecule has 0 aliphatic rings. The van der Waals surface area contributed by atoms with E-state index in [1.54, 1.807) is 4.68 Å². The van der Waals surface area contributed by atoms with Crippen molar-refractivity contribution in [1.82, 2.24) is 15.1 Å². The third kappa shape index (κ3) is 3.30. The minimum Gasteiger partial charge on any atom is -0.368 e. The minimum absolute atomic E-state index is 0.291. The van der Waals surface area contributed by atoms with Gasteiger partial charge in [0.15, 0.2) is 5.11 Å². The van der Waals surface area contributed by atoms with Crippen molar-refractivity contribution in [2.45, 2.75) is 27.2 Å². The summed E-state index contributed by atoms with van der Waals surface area (Å²) >= 11 is 5.03. The third-order valence-corrected chi connectivity index (χ3v) is 2.20. The van der Waals surface area contributed by atoms with Crippen LogP contribution in [0.3, 0.4) is 0 Å². The summed E-state index contributed by atoms with van der Waals surface area (Å²) in [7, 11) is 0. The highest BCUT2D eigenvalue weighted by molar-refractivity contribution is 7.80. The van der Waals surface area contributed by atoms with Crippen molar-refractivity contribution in [2.24, 2.45) is 10.7 Å². The largest absolute Gasteiger partial charge is 0.368 e. The van der Waals surface area contributed by atoms with E-state index in [4.69, 9.17) is 18.0 Å². The molecule has 0 bridgehead atoms. The van der Waals surface area contributed by atoms with Gasteiger partial charge in [-0.3, -0.25) is 0 Å². The number of hydrogen-bond acceptors (Lipinski definition) is 2. The highest BCUT2D eigenvalue weighted by Gasteiger charge is 2.04. The molecule has 0 atom stereocenters. The molecule has 0 fully saturated rings. The molecule has 0 amide bonds. The van der Waals surface area contributed by atoms with Crippen molar-refractivity contribution < 1.29 is 0 Å². The lowest BCUT2D eigenvalue weighted by atomic mass is 10.4. The van der Waals surface area contributed by atoms with E-state index in [0.717, 1.165) is 24.4 Å². The molecule has 0 radical (unpaired) electrons. The van der Waals surface area contributed by atoms with Gasteiger partial charge in [0.1, 0.15) is 0 Å². The summed E-state index contributed by atoms with van der Waals surface area (Å²) in [4.78, 5) is 4.07. The summed E-state index contributed by atoms with van der Waals surface area (Å²) < 4.78 is 1.58. The molecule has 6 heteroatoms. The standard InChI is InChI=1S/C10H17N5S/c1-4-5-12-10(16)13-9(11)15-8(3)6-7(2)14-15/h6H,4-5H2,1-3H3,(H3,11,12,13,16). The topological polar surface area (TPSA) is 68.2 Å². The molecule has 1 rings (SSSR count). The molecule has 0 unspecified atom stereocenters. The van der Waals surface area contributed by atoms with Crippen LogP contribution in [0.4, 0.5) is 0 Å². The monoisotopic (exact) mass is 239 g/mol. The van der Waals surface area contributed by atoms with Crippen LogP contribution in [0.2, 0.25) is 0 Å². The summed E-state index contributed by atoms with van der Waals surface area (Å²) in [5.41, 5.74) is 7.65. The lowest BCUT2D eigenvalue weighted by Crippen LogP contribution is -2.29. The van der Waals surface area contributed by atoms with E-state index < -0.39 is 0 Å². The predicted molar refractivity (Wildman–Crippen MR) is 69.6 cm³/mol. The molecule has 0 saturated heterocycles. The Hall–Kier alpha value is -1.43. The molecule has 16 heavy (non-hydrogen) atoms. The first-order valence-electron chi connectivity index (χ1n) is 5.20. The number of rotatable bonds is 2. The van der Waals surface area contributed by atoms with Crippen molar-refractivity contribution in [2.75, 3.05) is 6.54 Å². The van der Waals surface area contributed by atoms with Gasteiger partial charge in [0.05, 0.1) is 5.69 Å². The van der Waals surface area contributed by atoms with Gasteiger partial charge in [-0.15, -0.1) is 0 Å². The Balaban J connectivity index is 2.77. The van der Waals surface area contributed by atoms with Gasteiger partial charge >= 0.3 is 0 Å². The fourth-order valence-electron chi connectivity index (χ4n) is 1.28. The molecule has 0 aliphatic carbocycles. The van der Waals surface area contributed by atoms with E-state index in [9.17, 15) is 0 Å². The van der Waals surface area contributed by atoms with Gasteiger partial charge in [-0.2, -0.15) is 10.1 Å². The van der Waals surface area contributed by atoms with E-state index in [2.05, 4.69) is 22.3 Å². The zero-order chi connectivity index (χ0) is 12.1. The maximum atomic E-state index is 5.80. The summed E-state index contributed by atoms with van der Waals surface area (Å²) in [6, 6.07) is 1.94. The number of nitrogens with zero attached hydrogens (tertiary/aromatic N) is 3. The number of aliphatic imine (C=N–C) groups is 1. The Morgan fingerprint density at radius 2 is 2.31 bits per heavy atom. The molecular formula is C10H17N5S. The lowest BCUT2D eigenvalue weighted by Gasteiger charge is -2.05. The van der Waals surface area contributed by atoms with E-state index in [-0.39, 0.29) is 0 Å². The van der Waals surface area contributed by atoms with Gasteiger partial charge in [-0.05, 0) is 38.6 Å². The van der Waals surface area contributed by atoms with Crippen LogP contribution in [0, 0.1) is 13.8 Å². The molecule has 0 aliphatic heterocycles. The van der Waals surface area contributed by atoms with Crippen molar-refractivity contribution in [3.63, 3.8) is 0 Å². The van der Waals surface area contributed by atoms with E-state index >= 15 is 0 Å². The van der Waals surface area contributed by atoms with Gasteiger partial charge in [0, 0.05) is 12.2 Å². The number of hydrogen-bond donors (Lipinski definition) is 2. The zero-order valence-corrected chi connectivity index (χ0v) is 10.6. The van der Waals surface area contributed by atoms with E-state index in [1.165, 1.54) is 0 Å². The summed E-state index contributed by atoms with van der Waals surface area (Å²) in [6.07, 6.45) is 0.996. The Labute approximate surface area is 101 Å². The number of aryl methyl sites for hydroxylation is 2. The smallest absolute Gasteiger partial charge is 0.224 e. The van der Waals surface area contributed by atoms with Crippen molar-refractivity contribution in [3.05, 3.63) is 17.5 Å². The van der Waals surface area contributed by atoms with Crippen LogP contribution in [-0.4, -0.2) is 27.4 Å². The minimum atomic E-state index is 0.291. The van der Waals surface area contributed by atoms with Crippen LogP contribution in [0.25, 0.3) is 0 Å². The number of nitrogens with two attached hydrogens (primary N) is 1. The van der Waals surface area contributed by atoms with Crippen LogP contribution in [0.15, 0.2) is 11.1 Å². The maximum Gasteiger partial charge on any atom is 0.224 e. The van der Waals surface area contributed by atoms with Crippen LogP contribution < -0.4 is 11.1 Å². The molecule has 0 aromatic carbocycles. The van der Waals surface area contributed by atoms with Crippen molar-refractivity contribution in [3.8, 4) is 0 Å². The normalized spacial score (nSPS) is 11.6. The first kappa shape index (κ1) is 12.6.